The molecule has 11 nitrogen and oxygen atoms in total. The van der Waals surface area contributed by atoms with Crippen LogP contribution in [0.5, 0.6) is 0 Å². The number of aromatic nitrogens is 3. The highest BCUT2D eigenvalue weighted by atomic mass is 16.7. The summed E-state index contributed by atoms with van der Waals surface area (Å²) >= 11 is 0. The van der Waals surface area contributed by atoms with Gasteiger partial charge in [0.05, 0.1) is 51.9 Å². The Labute approximate surface area is 305 Å². The first-order chi connectivity index (χ1) is 24.4. The summed E-state index contributed by atoms with van der Waals surface area (Å²) in [4.78, 5) is 0. The van der Waals surface area contributed by atoms with Crippen LogP contribution >= 0.6 is 0 Å². The maximum Gasteiger partial charge on any atom is 0.186 e. The van der Waals surface area contributed by atoms with Gasteiger partial charge in [-0.25, -0.2) is 4.68 Å². The highest BCUT2D eigenvalue weighted by Gasteiger charge is 2.59. The van der Waals surface area contributed by atoms with Crippen molar-refractivity contribution < 1.29 is 39.4 Å². The molecule has 4 aliphatic carbocycles. The lowest BCUT2D eigenvalue weighted by Gasteiger charge is -2.58. The van der Waals surface area contributed by atoms with Gasteiger partial charge < -0.3 is 39.4 Å². The summed E-state index contributed by atoms with van der Waals surface area (Å²) < 4.78 is 24.7. The number of allylic oxidation sites excluding steroid dienone is 1. The second-order valence-electron chi connectivity index (χ2n) is 17.6. The van der Waals surface area contributed by atoms with E-state index in [1.807, 2.05) is 6.20 Å². The van der Waals surface area contributed by atoms with E-state index in [4.69, 9.17) is 18.9 Å². The molecule has 2 heterocycles. The van der Waals surface area contributed by atoms with Gasteiger partial charge in [0, 0.05) is 0 Å². The Balaban J connectivity index is 0.917. The van der Waals surface area contributed by atoms with Crippen molar-refractivity contribution in [2.75, 3.05) is 26.4 Å². The van der Waals surface area contributed by atoms with Crippen LogP contribution in [0.3, 0.4) is 0 Å². The quantitative estimate of drug-likeness (QED) is 0.136. The van der Waals surface area contributed by atoms with E-state index in [0.717, 1.165) is 54.0 Å². The number of nitrogens with zero attached hydrogens (tertiary/aromatic N) is 3. The predicted molar refractivity (Wildman–Crippen MR) is 192 cm³/mol. The standard InChI is InChI=1S/C40H67N3O8/c1-25(2)7-6-8-26(3)31-11-12-32-30-10-9-27-21-29(13-15-39(27,4)33(30)14-16-40(31,32)5)50-24-28-22-43(42-41-28)17-18-48-19-20-49-38-37(47)36(46)35(45)34(23-44)51-38/h9,22,25-26,29-38,44-47H,6-8,10-21,23-24H2,1-5H3/t26-,29+,30+,31-,32+,33+,34?,35-,36-,37?,38+,39+,40-/m1/s1. The number of aliphatic hydroxyl groups is 4. The van der Waals surface area contributed by atoms with Gasteiger partial charge >= 0.3 is 0 Å². The van der Waals surface area contributed by atoms with Crippen molar-refractivity contribution in [3.63, 3.8) is 0 Å². The zero-order valence-electron chi connectivity index (χ0n) is 31.9. The summed E-state index contributed by atoms with van der Waals surface area (Å²) in [5.74, 6) is 5.11. The molecule has 1 aromatic rings. The zero-order valence-corrected chi connectivity index (χ0v) is 31.9. The Morgan fingerprint density at radius 3 is 2.55 bits per heavy atom. The molecule has 4 N–H and O–H groups in total. The third kappa shape index (κ3) is 8.46. The first kappa shape index (κ1) is 39.3. The lowest BCUT2D eigenvalue weighted by atomic mass is 9.47. The SMILES string of the molecule is CC(C)CCC[C@@H](C)[C@H]1CC[C@H]2[C@@H]3CC=C4C[C@@H](OCc5cn(CCOCCO[C@H]6OC(CO)[C@@H](O)[C@@H](O)C6O)nn5)CC[C@]4(C)[C@H]3CC[C@]12C. The van der Waals surface area contributed by atoms with Crippen molar-refractivity contribution in [1.82, 2.24) is 15.0 Å². The largest absolute Gasteiger partial charge is 0.394 e. The molecule has 0 bridgehead atoms. The van der Waals surface area contributed by atoms with Gasteiger partial charge in [-0.05, 0) is 97.7 Å². The van der Waals surface area contributed by atoms with Crippen LogP contribution in [0, 0.1) is 46.3 Å². The molecule has 5 aliphatic rings. The summed E-state index contributed by atoms with van der Waals surface area (Å²) in [5, 5.41) is 47.7. The first-order valence-corrected chi connectivity index (χ1v) is 20.1. The fraction of sp³-hybridized carbons (Fsp3) is 0.900. The van der Waals surface area contributed by atoms with E-state index in [1.54, 1.807) is 10.3 Å². The maximum atomic E-state index is 10.1. The molecule has 0 spiro atoms. The topological polar surface area (TPSA) is 149 Å². The molecule has 290 valence electrons. The smallest absolute Gasteiger partial charge is 0.186 e. The molecule has 0 radical (unpaired) electrons. The minimum atomic E-state index is -1.46. The van der Waals surface area contributed by atoms with Crippen molar-refractivity contribution >= 4 is 0 Å². The van der Waals surface area contributed by atoms with Crippen LogP contribution < -0.4 is 0 Å². The van der Waals surface area contributed by atoms with Gasteiger partial charge in [0.2, 0.25) is 0 Å². The van der Waals surface area contributed by atoms with Crippen LogP contribution in [0.2, 0.25) is 0 Å². The number of fused-ring (bicyclic) bond motifs is 5. The van der Waals surface area contributed by atoms with Crippen molar-refractivity contribution in [3.8, 4) is 0 Å². The van der Waals surface area contributed by atoms with E-state index >= 15 is 0 Å². The lowest BCUT2D eigenvalue weighted by Crippen LogP contribution is -2.59. The number of rotatable bonds is 16. The highest BCUT2D eigenvalue weighted by molar-refractivity contribution is 5.25. The molecule has 1 saturated heterocycles. The Morgan fingerprint density at radius 2 is 1.76 bits per heavy atom. The Kier molecular flexibility index (Phi) is 13.0. The van der Waals surface area contributed by atoms with E-state index in [2.05, 4.69) is 51.0 Å². The lowest BCUT2D eigenvalue weighted by molar-refractivity contribution is -0.302. The van der Waals surface area contributed by atoms with Crippen LogP contribution in [0.15, 0.2) is 17.8 Å². The number of hydrogen-bond acceptors (Lipinski definition) is 10. The molecule has 3 saturated carbocycles. The summed E-state index contributed by atoms with van der Waals surface area (Å²) in [6.07, 6.45) is 12.8. The summed E-state index contributed by atoms with van der Waals surface area (Å²) in [5.41, 5.74) is 3.30. The molecule has 1 aromatic heterocycles. The fourth-order valence-electron chi connectivity index (χ4n) is 11.2. The summed E-state index contributed by atoms with van der Waals surface area (Å²) in [7, 11) is 0. The number of ether oxygens (including phenoxy) is 4. The molecule has 51 heavy (non-hydrogen) atoms. The Bertz CT molecular complexity index is 1290. The molecule has 13 atom stereocenters. The molecule has 6 rings (SSSR count). The van der Waals surface area contributed by atoms with Gasteiger partial charge in [-0.2, -0.15) is 0 Å². The van der Waals surface area contributed by atoms with Crippen LogP contribution in [0.1, 0.15) is 111 Å². The second kappa shape index (κ2) is 16.9. The van der Waals surface area contributed by atoms with Crippen molar-refractivity contribution in [1.29, 1.82) is 0 Å². The fourth-order valence-corrected chi connectivity index (χ4v) is 11.2. The van der Waals surface area contributed by atoms with E-state index in [1.165, 1.54) is 57.8 Å². The van der Waals surface area contributed by atoms with Crippen molar-refractivity contribution in [2.45, 2.75) is 155 Å². The molecule has 4 fully saturated rings. The Hall–Kier alpha value is -1.44. The molecule has 2 unspecified atom stereocenters. The molecule has 0 amide bonds. The average molecular weight is 718 g/mol. The van der Waals surface area contributed by atoms with Crippen LogP contribution in [0.25, 0.3) is 0 Å². The van der Waals surface area contributed by atoms with E-state index in [9.17, 15) is 20.4 Å². The Morgan fingerprint density at radius 1 is 0.941 bits per heavy atom. The van der Waals surface area contributed by atoms with Crippen molar-refractivity contribution in [2.24, 2.45) is 46.3 Å². The molecule has 1 aliphatic heterocycles. The average Bonchev–Trinajstić information content (AvgIpc) is 3.72. The normalized spacial score (nSPS) is 40.1. The van der Waals surface area contributed by atoms with Crippen LogP contribution in [0.4, 0.5) is 0 Å². The van der Waals surface area contributed by atoms with E-state index in [0.29, 0.717) is 30.6 Å². The molecule has 11 heteroatoms. The third-order valence-corrected chi connectivity index (χ3v) is 14.1. The molecular weight excluding hydrogens is 650 g/mol. The van der Waals surface area contributed by atoms with Gasteiger partial charge in [-0.3, -0.25) is 0 Å². The highest BCUT2D eigenvalue weighted by Crippen LogP contribution is 2.67. The minimum absolute atomic E-state index is 0.107. The molecular formula is C40H67N3O8. The monoisotopic (exact) mass is 717 g/mol. The van der Waals surface area contributed by atoms with E-state index in [-0.39, 0.29) is 19.3 Å². The van der Waals surface area contributed by atoms with Crippen molar-refractivity contribution in [3.05, 3.63) is 23.5 Å². The van der Waals surface area contributed by atoms with Gasteiger partial charge in [0.15, 0.2) is 6.29 Å². The second-order valence-corrected chi connectivity index (χ2v) is 17.6. The summed E-state index contributed by atoms with van der Waals surface area (Å²) in [6, 6.07) is 0. The summed E-state index contributed by atoms with van der Waals surface area (Å²) in [6.45, 7) is 13.8. The zero-order chi connectivity index (χ0) is 36.3. The number of aliphatic hydroxyl groups excluding tert-OH is 4. The van der Waals surface area contributed by atoms with Gasteiger partial charge in [-0.1, -0.05) is 70.7 Å². The van der Waals surface area contributed by atoms with E-state index < -0.39 is 37.3 Å². The first-order valence-electron chi connectivity index (χ1n) is 20.1. The minimum Gasteiger partial charge on any atom is -0.394 e. The maximum absolute atomic E-state index is 10.1. The van der Waals surface area contributed by atoms with Gasteiger partial charge in [0.25, 0.3) is 0 Å². The number of hydrogen-bond donors (Lipinski definition) is 4. The van der Waals surface area contributed by atoms with Crippen LogP contribution in [-0.4, -0.2) is 98.7 Å². The van der Waals surface area contributed by atoms with Gasteiger partial charge in [-0.15, -0.1) is 5.10 Å². The van der Waals surface area contributed by atoms with Gasteiger partial charge in [0.1, 0.15) is 30.1 Å². The molecule has 0 aromatic carbocycles. The predicted octanol–water partition coefficient (Wildman–Crippen LogP) is 5.04. The van der Waals surface area contributed by atoms with Crippen LogP contribution in [-0.2, 0) is 32.1 Å². The third-order valence-electron chi connectivity index (χ3n) is 14.1.